The van der Waals surface area contributed by atoms with Crippen LogP contribution in [0.5, 0.6) is 0 Å². The quantitative estimate of drug-likeness (QED) is 0.0680. The van der Waals surface area contributed by atoms with Crippen LogP contribution in [0.2, 0.25) is 0 Å². The summed E-state index contributed by atoms with van der Waals surface area (Å²) < 4.78 is 0. The number of nitrogens with one attached hydrogen (secondary N) is 1. The number of carbonyl (C=O) groups excluding carboxylic acids is 1. The second-order valence-electron chi connectivity index (χ2n) is 13.2. The van der Waals surface area contributed by atoms with Crippen molar-refractivity contribution in [3.8, 4) is 0 Å². The average Bonchev–Trinajstić information content (AvgIpc) is 3.00. The maximum Gasteiger partial charge on any atom is 0.326 e. The molecule has 43 heavy (non-hydrogen) atoms. The van der Waals surface area contributed by atoms with Crippen molar-refractivity contribution in [1.82, 2.24) is 5.32 Å². The molecule has 0 aliphatic rings. The van der Waals surface area contributed by atoms with Crippen LogP contribution in [-0.4, -0.2) is 34.5 Å². The smallest absolute Gasteiger partial charge is 0.326 e. The number of carbonyl (C=O) groups is 2. The molecule has 0 rings (SSSR count). The van der Waals surface area contributed by atoms with Gasteiger partial charge in [-0.05, 0) is 30.8 Å². The van der Waals surface area contributed by atoms with Crippen molar-refractivity contribution in [2.24, 2.45) is 0 Å². The third-order valence-electron chi connectivity index (χ3n) is 8.83. The van der Waals surface area contributed by atoms with Gasteiger partial charge in [0.25, 0.3) is 0 Å². The van der Waals surface area contributed by atoms with E-state index in [-0.39, 0.29) is 5.91 Å². The van der Waals surface area contributed by atoms with Crippen molar-refractivity contribution in [2.45, 2.75) is 219 Å². The highest BCUT2D eigenvalue weighted by Crippen LogP contribution is 2.16. The SMILES string of the molecule is CCCCCCCCCCCCCCCCCCSCC[C@H](NC(=O)CCCCCCCCCCCCCCC)C(=O)O. The fourth-order valence-electron chi connectivity index (χ4n) is 5.88. The van der Waals surface area contributed by atoms with Crippen LogP contribution in [0.3, 0.4) is 0 Å². The summed E-state index contributed by atoms with van der Waals surface area (Å²) in [5, 5.41) is 12.3. The van der Waals surface area contributed by atoms with E-state index in [9.17, 15) is 14.7 Å². The first-order valence-electron chi connectivity index (χ1n) is 19.2. The molecule has 256 valence electrons. The first-order valence-corrected chi connectivity index (χ1v) is 20.4. The topological polar surface area (TPSA) is 66.4 Å². The minimum atomic E-state index is -0.901. The Kier molecular flexibility index (Phi) is 35.2. The Bertz CT molecular complexity index is 586. The van der Waals surface area contributed by atoms with E-state index in [1.165, 1.54) is 173 Å². The van der Waals surface area contributed by atoms with E-state index in [4.69, 9.17) is 0 Å². The lowest BCUT2D eigenvalue weighted by molar-refractivity contribution is -0.141. The Labute approximate surface area is 273 Å². The molecule has 0 heterocycles. The lowest BCUT2D eigenvalue weighted by Gasteiger charge is -2.14. The molecule has 4 nitrogen and oxygen atoms in total. The molecular formula is C38H75NO3S. The van der Waals surface area contributed by atoms with E-state index in [1.54, 1.807) is 0 Å². The molecule has 0 radical (unpaired) electrons. The summed E-state index contributed by atoms with van der Waals surface area (Å²) in [6, 6.07) is -0.743. The zero-order valence-corrected chi connectivity index (χ0v) is 29.9. The largest absolute Gasteiger partial charge is 0.480 e. The van der Waals surface area contributed by atoms with Crippen LogP contribution in [0.15, 0.2) is 0 Å². The van der Waals surface area contributed by atoms with Crippen molar-refractivity contribution in [3.05, 3.63) is 0 Å². The minimum Gasteiger partial charge on any atom is -0.480 e. The molecule has 0 aromatic rings. The standard InChI is InChI=1S/C38H75NO3S/c1-3-5-7-9-11-13-15-17-18-19-21-23-25-27-29-31-34-43-35-33-36(38(41)42)39-37(40)32-30-28-26-24-22-20-16-14-12-10-8-6-4-2/h36H,3-35H2,1-2H3,(H,39,40)(H,41,42)/t36-/m0/s1. The van der Waals surface area contributed by atoms with E-state index in [2.05, 4.69) is 19.2 Å². The molecular weight excluding hydrogens is 550 g/mol. The Morgan fingerprint density at radius 1 is 0.488 bits per heavy atom. The van der Waals surface area contributed by atoms with Gasteiger partial charge in [-0.1, -0.05) is 187 Å². The van der Waals surface area contributed by atoms with Gasteiger partial charge in [-0.15, -0.1) is 0 Å². The minimum absolute atomic E-state index is 0.0988. The molecule has 0 fully saturated rings. The molecule has 0 spiro atoms. The highest BCUT2D eigenvalue weighted by Gasteiger charge is 2.19. The molecule has 0 saturated carbocycles. The molecule has 0 aromatic heterocycles. The molecule has 0 aliphatic heterocycles. The number of hydrogen-bond acceptors (Lipinski definition) is 3. The Hall–Kier alpha value is -0.710. The van der Waals surface area contributed by atoms with Gasteiger partial charge in [0, 0.05) is 6.42 Å². The Balaban J connectivity index is 3.48. The zero-order valence-electron chi connectivity index (χ0n) is 29.1. The maximum atomic E-state index is 12.3. The summed E-state index contributed by atoms with van der Waals surface area (Å²) in [6.45, 7) is 4.55. The molecule has 5 heteroatoms. The van der Waals surface area contributed by atoms with Crippen LogP contribution in [0.25, 0.3) is 0 Å². The number of carboxylic acids is 1. The van der Waals surface area contributed by atoms with Gasteiger partial charge in [-0.3, -0.25) is 4.79 Å². The predicted octanol–water partition coefficient (Wildman–Crippen LogP) is 12.4. The Morgan fingerprint density at radius 2 is 0.814 bits per heavy atom. The van der Waals surface area contributed by atoms with E-state index >= 15 is 0 Å². The molecule has 0 bridgehead atoms. The van der Waals surface area contributed by atoms with Crippen LogP contribution in [0, 0.1) is 0 Å². The summed E-state index contributed by atoms with van der Waals surface area (Å²) in [7, 11) is 0. The predicted molar refractivity (Wildman–Crippen MR) is 191 cm³/mol. The molecule has 0 aromatic carbocycles. The monoisotopic (exact) mass is 626 g/mol. The lowest BCUT2D eigenvalue weighted by atomic mass is 10.0. The highest BCUT2D eigenvalue weighted by molar-refractivity contribution is 7.99. The molecule has 2 N–H and O–H groups in total. The molecule has 0 aliphatic carbocycles. The summed E-state index contributed by atoms with van der Waals surface area (Å²) in [4.78, 5) is 23.9. The Morgan fingerprint density at radius 3 is 1.16 bits per heavy atom. The first kappa shape index (κ1) is 42.3. The third kappa shape index (κ3) is 34.0. The molecule has 1 amide bonds. The fourth-order valence-corrected chi connectivity index (χ4v) is 6.90. The number of amides is 1. The van der Waals surface area contributed by atoms with Crippen LogP contribution < -0.4 is 5.32 Å². The van der Waals surface area contributed by atoms with Gasteiger partial charge in [0.2, 0.25) is 5.91 Å². The first-order chi connectivity index (χ1) is 21.1. The van der Waals surface area contributed by atoms with Crippen molar-refractivity contribution < 1.29 is 14.7 Å². The van der Waals surface area contributed by atoms with Crippen LogP contribution in [0.4, 0.5) is 0 Å². The second-order valence-corrected chi connectivity index (χ2v) is 14.4. The van der Waals surface area contributed by atoms with Crippen LogP contribution in [0.1, 0.15) is 213 Å². The molecule has 1 atom stereocenters. The van der Waals surface area contributed by atoms with Gasteiger partial charge >= 0.3 is 5.97 Å². The van der Waals surface area contributed by atoms with Gasteiger partial charge in [-0.2, -0.15) is 11.8 Å². The van der Waals surface area contributed by atoms with Crippen molar-refractivity contribution in [3.63, 3.8) is 0 Å². The van der Waals surface area contributed by atoms with E-state index in [0.29, 0.717) is 12.8 Å². The summed E-state index contributed by atoms with van der Waals surface area (Å²) >= 11 is 1.84. The van der Waals surface area contributed by atoms with Crippen molar-refractivity contribution >= 4 is 23.6 Å². The number of unbranched alkanes of at least 4 members (excludes halogenated alkanes) is 27. The van der Waals surface area contributed by atoms with Crippen molar-refractivity contribution in [1.29, 1.82) is 0 Å². The van der Waals surface area contributed by atoms with Gasteiger partial charge < -0.3 is 10.4 Å². The summed E-state index contributed by atoms with van der Waals surface area (Å²) in [5.74, 6) is 0.895. The van der Waals surface area contributed by atoms with Gasteiger partial charge in [0.05, 0.1) is 0 Å². The van der Waals surface area contributed by atoms with Crippen molar-refractivity contribution in [2.75, 3.05) is 11.5 Å². The van der Waals surface area contributed by atoms with E-state index < -0.39 is 12.0 Å². The average molecular weight is 626 g/mol. The summed E-state index contributed by atoms with van der Waals surface area (Å²) in [6.07, 6.45) is 39.8. The highest BCUT2D eigenvalue weighted by atomic mass is 32.2. The normalized spacial score (nSPS) is 12.0. The van der Waals surface area contributed by atoms with E-state index in [1.807, 2.05) is 11.8 Å². The maximum absolute atomic E-state index is 12.3. The third-order valence-corrected chi connectivity index (χ3v) is 9.94. The summed E-state index contributed by atoms with van der Waals surface area (Å²) in [5.41, 5.74) is 0. The molecule has 0 unspecified atom stereocenters. The van der Waals surface area contributed by atoms with E-state index in [0.717, 1.165) is 24.3 Å². The number of rotatable bonds is 36. The lowest BCUT2D eigenvalue weighted by Crippen LogP contribution is -2.41. The van der Waals surface area contributed by atoms with Gasteiger partial charge in [-0.25, -0.2) is 4.79 Å². The van der Waals surface area contributed by atoms with Gasteiger partial charge in [0.15, 0.2) is 0 Å². The number of carboxylic acid groups (broad SMARTS) is 1. The number of thioether (sulfide) groups is 1. The number of aliphatic carboxylic acids is 1. The second kappa shape index (κ2) is 35.8. The zero-order chi connectivity index (χ0) is 31.5. The number of hydrogen-bond donors (Lipinski definition) is 2. The molecule has 0 saturated heterocycles. The van der Waals surface area contributed by atoms with Crippen LogP contribution >= 0.6 is 11.8 Å². The fraction of sp³-hybridized carbons (Fsp3) is 0.947. The van der Waals surface area contributed by atoms with Crippen LogP contribution in [-0.2, 0) is 9.59 Å². The van der Waals surface area contributed by atoms with Gasteiger partial charge in [0.1, 0.15) is 6.04 Å².